The molecule has 0 aliphatic rings. The number of hydrogen-bond acceptors (Lipinski definition) is 4. The molecule has 3 aromatic rings. The molecule has 0 saturated carbocycles. The van der Waals surface area contributed by atoms with Crippen LogP contribution in [-0.4, -0.2) is 20.9 Å². The Bertz CT molecular complexity index is 838. The Morgan fingerprint density at radius 2 is 1.90 bits per heavy atom. The first-order valence-corrected chi connectivity index (χ1v) is 6.74. The fourth-order valence-electron chi connectivity index (χ4n) is 1.81. The average molecular weight is 319 g/mol. The molecule has 1 N–H and O–H groups in total. The fraction of sp³-hybridized carbons (Fsp3) is 0. The molecule has 5 nitrogen and oxygen atoms in total. The second-order valence-electron chi connectivity index (χ2n) is 4.16. The minimum Gasteiger partial charge on any atom is -0.289 e. The van der Waals surface area contributed by atoms with Gasteiger partial charge in [-0.15, -0.1) is 0 Å². The lowest BCUT2D eigenvalue weighted by Crippen LogP contribution is -2.15. The molecule has 0 aliphatic carbocycles. The smallest absolute Gasteiger partial charge is 0.276 e. The van der Waals surface area contributed by atoms with Gasteiger partial charge in [0.15, 0.2) is 0 Å². The van der Waals surface area contributed by atoms with Crippen LogP contribution in [0, 0.1) is 0 Å². The van der Waals surface area contributed by atoms with Crippen LogP contribution in [0.5, 0.6) is 0 Å². The number of benzene rings is 1. The summed E-state index contributed by atoms with van der Waals surface area (Å²) in [7, 11) is 0. The Labute approximate surface area is 130 Å². The van der Waals surface area contributed by atoms with E-state index in [4.69, 9.17) is 23.2 Å². The highest BCUT2D eigenvalue weighted by molar-refractivity contribution is 6.35. The Morgan fingerprint density at radius 3 is 2.71 bits per heavy atom. The molecule has 104 valence electrons. The summed E-state index contributed by atoms with van der Waals surface area (Å²) < 4.78 is 0. The van der Waals surface area contributed by atoms with Crippen LogP contribution >= 0.6 is 23.2 Å². The molecule has 0 aliphatic heterocycles. The number of fused-ring (bicyclic) bond motifs is 1. The van der Waals surface area contributed by atoms with Crippen molar-refractivity contribution in [1.29, 1.82) is 0 Å². The number of nitrogens with zero attached hydrogens (tertiary/aromatic N) is 3. The molecule has 0 saturated heterocycles. The van der Waals surface area contributed by atoms with Crippen LogP contribution in [0.2, 0.25) is 10.2 Å². The summed E-state index contributed by atoms with van der Waals surface area (Å²) in [4.78, 5) is 24.2. The van der Waals surface area contributed by atoms with E-state index >= 15 is 0 Å². The molecule has 1 amide bonds. The van der Waals surface area contributed by atoms with Crippen molar-refractivity contribution in [1.82, 2.24) is 15.0 Å². The fourth-order valence-corrected chi connectivity index (χ4v) is 2.21. The van der Waals surface area contributed by atoms with E-state index in [1.165, 1.54) is 18.3 Å². The van der Waals surface area contributed by atoms with Crippen LogP contribution in [0.25, 0.3) is 10.9 Å². The van der Waals surface area contributed by atoms with Crippen LogP contribution in [0.3, 0.4) is 0 Å². The van der Waals surface area contributed by atoms with E-state index in [-0.39, 0.29) is 16.8 Å². The first-order valence-electron chi connectivity index (χ1n) is 5.99. The number of aromatic nitrogens is 3. The van der Waals surface area contributed by atoms with E-state index in [0.717, 1.165) is 5.39 Å². The number of para-hydroxylation sites is 1. The molecule has 3 rings (SSSR count). The van der Waals surface area contributed by atoms with Crippen molar-refractivity contribution < 1.29 is 4.79 Å². The molecule has 21 heavy (non-hydrogen) atoms. The molecule has 0 unspecified atom stereocenters. The van der Waals surface area contributed by atoms with Crippen molar-refractivity contribution in [2.24, 2.45) is 0 Å². The molecule has 7 heteroatoms. The number of carbonyl (C=O) groups is 1. The highest BCUT2D eigenvalue weighted by Crippen LogP contribution is 2.23. The monoisotopic (exact) mass is 318 g/mol. The van der Waals surface area contributed by atoms with Gasteiger partial charge in [-0.3, -0.25) is 10.1 Å². The second-order valence-corrected chi connectivity index (χ2v) is 4.96. The van der Waals surface area contributed by atoms with Crippen LogP contribution in [0.1, 0.15) is 10.5 Å². The molecular weight excluding hydrogens is 311 g/mol. The molecule has 1 aromatic carbocycles. The van der Waals surface area contributed by atoms with E-state index in [9.17, 15) is 4.79 Å². The molecular formula is C14H8Cl2N4O. The summed E-state index contributed by atoms with van der Waals surface area (Å²) in [6.45, 7) is 0. The standard InChI is InChI=1S/C14H8Cl2N4O/c15-9-7-11(18-10-4-2-1-3-8(9)10)13(21)20-14-17-6-5-12(16)19-14/h1-7H,(H,17,19,20,21). The number of amides is 1. The quantitative estimate of drug-likeness (QED) is 0.733. The molecule has 2 heterocycles. The van der Waals surface area contributed by atoms with Crippen molar-refractivity contribution >= 4 is 46.0 Å². The van der Waals surface area contributed by atoms with Gasteiger partial charge in [0.1, 0.15) is 10.8 Å². The third-order valence-electron chi connectivity index (χ3n) is 2.75. The SMILES string of the molecule is O=C(Nc1nccc(Cl)n1)c1cc(Cl)c2ccccc2n1. The number of rotatable bonds is 2. The third kappa shape index (κ3) is 2.94. The predicted octanol–water partition coefficient (Wildman–Crippen LogP) is 3.58. The zero-order valence-corrected chi connectivity index (χ0v) is 12.1. The summed E-state index contributed by atoms with van der Waals surface area (Å²) in [6, 6.07) is 10.3. The van der Waals surface area contributed by atoms with Crippen molar-refractivity contribution in [3.8, 4) is 0 Å². The Balaban J connectivity index is 1.94. The highest BCUT2D eigenvalue weighted by atomic mass is 35.5. The van der Waals surface area contributed by atoms with Crippen LogP contribution < -0.4 is 5.32 Å². The summed E-state index contributed by atoms with van der Waals surface area (Å²) in [5.41, 5.74) is 0.824. The van der Waals surface area contributed by atoms with Crippen LogP contribution in [0.4, 0.5) is 5.95 Å². The normalized spacial score (nSPS) is 10.6. The zero-order valence-electron chi connectivity index (χ0n) is 10.5. The Morgan fingerprint density at radius 1 is 1.10 bits per heavy atom. The summed E-state index contributed by atoms with van der Waals surface area (Å²) in [5.74, 6) is -0.344. The Kier molecular flexibility index (Phi) is 3.68. The first-order chi connectivity index (χ1) is 10.1. The lowest BCUT2D eigenvalue weighted by Gasteiger charge is -2.06. The minimum atomic E-state index is -0.454. The average Bonchev–Trinajstić information content (AvgIpc) is 2.47. The first kappa shape index (κ1) is 13.7. The highest BCUT2D eigenvalue weighted by Gasteiger charge is 2.12. The Hall–Kier alpha value is -2.24. The molecule has 0 atom stereocenters. The van der Waals surface area contributed by atoms with E-state index in [1.807, 2.05) is 18.2 Å². The number of hydrogen-bond donors (Lipinski definition) is 1. The maximum atomic E-state index is 12.2. The van der Waals surface area contributed by atoms with Gasteiger partial charge in [-0.1, -0.05) is 41.4 Å². The van der Waals surface area contributed by atoms with Gasteiger partial charge < -0.3 is 0 Å². The maximum Gasteiger partial charge on any atom is 0.276 e. The van der Waals surface area contributed by atoms with Gasteiger partial charge in [0.25, 0.3) is 5.91 Å². The van der Waals surface area contributed by atoms with Crippen LogP contribution in [-0.2, 0) is 0 Å². The zero-order chi connectivity index (χ0) is 14.8. The van der Waals surface area contributed by atoms with Crippen LogP contribution in [0.15, 0.2) is 42.6 Å². The molecule has 0 radical (unpaired) electrons. The second kappa shape index (κ2) is 5.63. The van der Waals surface area contributed by atoms with Crippen molar-refractivity contribution in [2.45, 2.75) is 0 Å². The largest absolute Gasteiger partial charge is 0.289 e. The lowest BCUT2D eigenvalue weighted by atomic mass is 10.2. The van der Waals surface area contributed by atoms with Gasteiger partial charge in [-0.2, -0.15) is 0 Å². The number of pyridine rings is 1. The van der Waals surface area contributed by atoms with Gasteiger partial charge in [0, 0.05) is 11.6 Å². The topological polar surface area (TPSA) is 67.8 Å². The van der Waals surface area contributed by atoms with Gasteiger partial charge in [0.05, 0.1) is 10.5 Å². The van der Waals surface area contributed by atoms with Crippen molar-refractivity contribution in [2.75, 3.05) is 5.32 Å². The predicted molar refractivity (Wildman–Crippen MR) is 81.7 cm³/mol. The number of carbonyl (C=O) groups excluding carboxylic acids is 1. The molecule has 0 bridgehead atoms. The molecule has 2 aromatic heterocycles. The van der Waals surface area contributed by atoms with Gasteiger partial charge in [0.2, 0.25) is 5.95 Å². The summed E-state index contributed by atoms with van der Waals surface area (Å²) in [6.07, 6.45) is 1.45. The van der Waals surface area contributed by atoms with E-state index in [1.54, 1.807) is 6.07 Å². The molecule has 0 fully saturated rings. The van der Waals surface area contributed by atoms with Crippen molar-refractivity contribution in [3.05, 3.63) is 58.5 Å². The lowest BCUT2D eigenvalue weighted by molar-refractivity contribution is 0.102. The maximum absolute atomic E-state index is 12.2. The number of anilines is 1. The van der Waals surface area contributed by atoms with E-state index in [0.29, 0.717) is 10.5 Å². The van der Waals surface area contributed by atoms with E-state index in [2.05, 4.69) is 20.3 Å². The molecule has 0 spiro atoms. The van der Waals surface area contributed by atoms with Gasteiger partial charge >= 0.3 is 0 Å². The summed E-state index contributed by atoms with van der Waals surface area (Å²) >= 11 is 11.9. The van der Waals surface area contributed by atoms with Gasteiger partial charge in [-0.25, -0.2) is 15.0 Å². The summed E-state index contributed by atoms with van der Waals surface area (Å²) in [5, 5.41) is 4.01. The number of nitrogens with one attached hydrogen (secondary N) is 1. The third-order valence-corrected chi connectivity index (χ3v) is 3.27. The number of halogens is 2. The minimum absolute atomic E-state index is 0.110. The van der Waals surface area contributed by atoms with E-state index < -0.39 is 5.91 Å². The van der Waals surface area contributed by atoms with Crippen molar-refractivity contribution in [3.63, 3.8) is 0 Å². The van der Waals surface area contributed by atoms with Gasteiger partial charge in [-0.05, 0) is 18.2 Å².